The van der Waals surface area contributed by atoms with Crippen LogP contribution >= 0.6 is 23.2 Å². The van der Waals surface area contributed by atoms with Gasteiger partial charge in [0.1, 0.15) is 0 Å². The van der Waals surface area contributed by atoms with Gasteiger partial charge in [0.15, 0.2) is 0 Å². The molecular weight excluding hydrogens is 383 g/mol. The van der Waals surface area contributed by atoms with Gasteiger partial charge in [0.25, 0.3) is 10.2 Å². The van der Waals surface area contributed by atoms with Crippen LogP contribution in [0, 0.1) is 0 Å². The maximum Gasteiger partial charge on any atom is 0.299 e. The van der Waals surface area contributed by atoms with Gasteiger partial charge in [-0.05, 0) is 35.4 Å². The number of hydrogen-bond acceptors (Lipinski definition) is 3. The van der Waals surface area contributed by atoms with Crippen molar-refractivity contribution in [2.75, 3.05) is 4.72 Å². The Morgan fingerprint density at radius 3 is 2.52 bits per heavy atom. The first-order valence-corrected chi connectivity index (χ1v) is 9.56. The van der Waals surface area contributed by atoms with E-state index in [1.807, 2.05) is 24.3 Å². The molecule has 0 saturated heterocycles. The van der Waals surface area contributed by atoms with Crippen LogP contribution in [0.25, 0.3) is 16.8 Å². The van der Waals surface area contributed by atoms with Crippen molar-refractivity contribution < 1.29 is 8.42 Å². The fraction of sp³-hybridized carbons (Fsp3) is 0.0625. The number of halogens is 2. The highest BCUT2D eigenvalue weighted by Crippen LogP contribution is 2.36. The van der Waals surface area contributed by atoms with E-state index in [1.54, 1.807) is 29.2 Å². The molecule has 2 heterocycles. The normalized spacial score (nSPS) is 15.4. The minimum atomic E-state index is -3.56. The smallest absolute Gasteiger partial charge is 0.270 e. The van der Waals surface area contributed by atoms with Gasteiger partial charge in [-0.3, -0.25) is 4.72 Å². The lowest BCUT2D eigenvalue weighted by Crippen LogP contribution is -2.34. The molecule has 25 heavy (non-hydrogen) atoms. The summed E-state index contributed by atoms with van der Waals surface area (Å²) in [5, 5.41) is 5.25. The predicted molar refractivity (Wildman–Crippen MR) is 98.4 cm³/mol. The van der Waals surface area contributed by atoms with Crippen LogP contribution in [-0.4, -0.2) is 18.2 Å². The number of hydrogen-bond donors (Lipinski definition) is 2. The first-order chi connectivity index (χ1) is 11.9. The highest BCUT2D eigenvalue weighted by Gasteiger charge is 2.23. The van der Waals surface area contributed by atoms with Crippen molar-refractivity contribution in [1.82, 2.24) is 14.5 Å². The fourth-order valence-corrected chi connectivity index (χ4v) is 4.03. The van der Waals surface area contributed by atoms with Crippen LogP contribution < -0.4 is 9.44 Å². The van der Waals surface area contributed by atoms with Gasteiger partial charge in [-0.2, -0.15) is 18.2 Å². The molecule has 0 radical (unpaired) electrons. The summed E-state index contributed by atoms with van der Waals surface area (Å²) in [5.74, 6) is 0. The zero-order chi connectivity index (χ0) is 17.6. The van der Waals surface area contributed by atoms with Crippen molar-refractivity contribution in [2.24, 2.45) is 0 Å². The summed E-state index contributed by atoms with van der Waals surface area (Å²) in [6.07, 6.45) is 3.27. The van der Waals surface area contributed by atoms with Crippen molar-refractivity contribution in [3.63, 3.8) is 0 Å². The first-order valence-electron chi connectivity index (χ1n) is 7.32. The SMILES string of the molecule is O=S1(=O)NCc2cc(Cl)cc(-c3ccc(-n4cc(Cl)cn4)cc3)c2N1. The number of benzene rings is 2. The summed E-state index contributed by atoms with van der Waals surface area (Å²) in [4.78, 5) is 0. The average molecular weight is 395 g/mol. The van der Waals surface area contributed by atoms with Crippen molar-refractivity contribution in [3.05, 3.63) is 64.4 Å². The molecule has 6 nitrogen and oxygen atoms in total. The van der Waals surface area contributed by atoms with Crippen LogP contribution in [0.2, 0.25) is 10.0 Å². The number of aromatic nitrogens is 2. The third kappa shape index (κ3) is 3.23. The Balaban J connectivity index is 1.78. The lowest BCUT2D eigenvalue weighted by molar-refractivity contribution is 0.584. The van der Waals surface area contributed by atoms with E-state index in [4.69, 9.17) is 23.2 Å². The first kappa shape index (κ1) is 16.4. The number of fused-ring (bicyclic) bond motifs is 1. The summed E-state index contributed by atoms with van der Waals surface area (Å²) < 4.78 is 30.3. The Morgan fingerprint density at radius 2 is 1.84 bits per heavy atom. The summed E-state index contributed by atoms with van der Waals surface area (Å²) in [7, 11) is -3.56. The quantitative estimate of drug-likeness (QED) is 0.696. The molecule has 0 aliphatic carbocycles. The van der Waals surface area contributed by atoms with E-state index in [1.165, 1.54) is 0 Å². The van der Waals surface area contributed by atoms with Gasteiger partial charge in [0, 0.05) is 23.3 Å². The summed E-state index contributed by atoms with van der Waals surface area (Å²) >= 11 is 12.1. The Morgan fingerprint density at radius 1 is 1.08 bits per heavy atom. The molecule has 1 aliphatic heterocycles. The van der Waals surface area contributed by atoms with Crippen molar-refractivity contribution in [3.8, 4) is 16.8 Å². The van der Waals surface area contributed by atoms with Crippen molar-refractivity contribution in [2.45, 2.75) is 6.54 Å². The Labute approximate surface area is 154 Å². The summed E-state index contributed by atoms with van der Waals surface area (Å²) in [5.41, 5.74) is 3.73. The molecule has 128 valence electrons. The molecule has 0 amide bonds. The third-order valence-corrected chi connectivity index (χ3v) is 5.28. The Kier molecular flexibility index (Phi) is 3.96. The minimum Gasteiger partial charge on any atom is -0.270 e. The molecule has 0 saturated carbocycles. The second-order valence-corrected chi connectivity index (χ2v) is 7.94. The number of rotatable bonds is 2. The third-order valence-electron chi connectivity index (χ3n) is 3.87. The van der Waals surface area contributed by atoms with E-state index in [-0.39, 0.29) is 6.54 Å². The van der Waals surface area contributed by atoms with Gasteiger partial charge in [-0.1, -0.05) is 35.3 Å². The summed E-state index contributed by atoms with van der Waals surface area (Å²) in [6, 6.07) is 11.0. The van der Waals surface area contributed by atoms with Gasteiger partial charge in [-0.25, -0.2) is 4.68 Å². The van der Waals surface area contributed by atoms with Crippen LogP contribution in [0.15, 0.2) is 48.8 Å². The number of nitrogens with one attached hydrogen (secondary N) is 2. The Hall–Kier alpha value is -2.06. The highest BCUT2D eigenvalue weighted by atomic mass is 35.5. The van der Waals surface area contributed by atoms with Gasteiger partial charge in [0.2, 0.25) is 0 Å². The number of anilines is 1. The zero-order valence-corrected chi connectivity index (χ0v) is 15.0. The van der Waals surface area contributed by atoms with E-state index in [2.05, 4.69) is 14.5 Å². The standard InChI is InChI=1S/C16H12Cl2N4O2S/c17-12-5-11-7-20-25(23,24)21-16(11)15(6-12)10-1-3-14(4-2-10)22-9-13(18)8-19-22/h1-6,8-9,20-21H,7H2. The van der Waals surface area contributed by atoms with Gasteiger partial charge in [-0.15, -0.1) is 0 Å². The Bertz CT molecular complexity index is 1060. The van der Waals surface area contributed by atoms with Crippen molar-refractivity contribution >= 4 is 39.1 Å². The maximum atomic E-state index is 11.8. The molecular formula is C16H12Cl2N4O2S. The zero-order valence-electron chi connectivity index (χ0n) is 12.7. The molecule has 2 N–H and O–H groups in total. The minimum absolute atomic E-state index is 0.197. The molecule has 1 aromatic heterocycles. The van der Waals surface area contributed by atoms with E-state index >= 15 is 0 Å². The maximum absolute atomic E-state index is 11.8. The van der Waals surface area contributed by atoms with E-state index < -0.39 is 10.2 Å². The highest BCUT2D eigenvalue weighted by molar-refractivity contribution is 7.90. The van der Waals surface area contributed by atoms with Crippen LogP contribution in [0.5, 0.6) is 0 Å². The molecule has 0 atom stereocenters. The largest absolute Gasteiger partial charge is 0.299 e. The van der Waals surface area contributed by atoms with Gasteiger partial charge < -0.3 is 0 Å². The van der Waals surface area contributed by atoms with Gasteiger partial charge in [0.05, 0.1) is 22.6 Å². The lowest BCUT2D eigenvalue weighted by Gasteiger charge is -2.22. The second kappa shape index (κ2) is 6.03. The molecule has 2 aromatic carbocycles. The monoisotopic (exact) mass is 394 g/mol. The topological polar surface area (TPSA) is 76.0 Å². The predicted octanol–water partition coefficient (Wildman–Crippen LogP) is 3.61. The molecule has 1 aliphatic rings. The van der Waals surface area contributed by atoms with E-state index in [0.717, 1.165) is 22.4 Å². The summed E-state index contributed by atoms with van der Waals surface area (Å²) in [6.45, 7) is 0.197. The molecule has 0 bridgehead atoms. The van der Waals surface area contributed by atoms with Crippen LogP contribution in [0.4, 0.5) is 5.69 Å². The molecule has 0 fully saturated rings. The molecule has 4 rings (SSSR count). The van der Waals surface area contributed by atoms with Gasteiger partial charge >= 0.3 is 0 Å². The molecule has 3 aromatic rings. The fourth-order valence-electron chi connectivity index (χ4n) is 2.73. The second-order valence-electron chi connectivity index (χ2n) is 5.56. The number of nitrogens with zero attached hydrogens (tertiary/aromatic N) is 2. The average Bonchev–Trinajstić information content (AvgIpc) is 3.01. The lowest BCUT2D eigenvalue weighted by atomic mass is 10.00. The molecule has 0 unspecified atom stereocenters. The van der Waals surface area contributed by atoms with Crippen LogP contribution in [-0.2, 0) is 16.8 Å². The van der Waals surface area contributed by atoms with Crippen LogP contribution in [0.3, 0.4) is 0 Å². The van der Waals surface area contributed by atoms with E-state index in [9.17, 15) is 8.42 Å². The van der Waals surface area contributed by atoms with E-state index in [0.29, 0.717) is 15.7 Å². The molecule has 0 spiro atoms. The van der Waals surface area contributed by atoms with Crippen LogP contribution in [0.1, 0.15) is 5.56 Å². The molecule has 9 heteroatoms. The van der Waals surface area contributed by atoms with Crippen molar-refractivity contribution in [1.29, 1.82) is 0 Å².